The molecule has 124 valence electrons. The normalized spacial score (nSPS) is 13.4. The Morgan fingerprint density at radius 2 is 2.13 bits per heavy atom. The number of carbonyl (C=O) groups is 1. The van der Waals surface area contributed by atoms with Crippen molar-refractivity contribution >= 4 is 24.0 Å². The third-order valence-corrected chi connectivity index (χ3v) is 4.24. The van der Waals surface area contributed by atoms with Crippen LogP contribution in [0.4, 0.5) is 5.69 Å². The average Bonchev–Trinajstić information content (AvgIpc) is 2.97. The lowest BCUT2D eigenvalue weighted by atomic mass is 10.0. The van der Waals surface area contributed by atoms with E-state index in [1.165, 1.54) is 5.56 Å². The highest BCUT2D eigenvalue weighted by Gasteiger charge is 2.24. The van der Waals surface area contributed by atoms with Gasteiger partial charge in [0.15, 0.2) is 5.69 Å². The van der Waals surface area contributed by atoms with Gasteiger partial charge in [0.05, 0.1) is 0 Å². The maximum absolute atomic E-state index is 12.8. The summed E-state index contributed by atoms with van der Waals surface area (Å²) in [5.74, 6) is 0.368. The van der Waals surface area contributed by atoms with E-state index in [-0.39, 0.29) is 18.3 Å². The van der Waals surface area contributed by atoms with Gasteiger partial charge in [0, 0.05) is 43.5 Å². The van der Waals surface area contributed by atoms with Gasteiger partial charge in [0.25, 0.3) is 5.91 Å². The van der Waals surface area contributed by atoms with Crippen LogP contribution in [-0.2, 0) is 13.0 Å². The van der Waals surface area contributed by atoms with Crippen LogP contribution in [0.15, 0.2) is 24.3 Å². The Morgan fingerprint density at radius 1 is 1.35 bits per heavy atom. The number of nitrogens with one attached hydrogen (secondary N) is 2. The molecule has 0 saturated heterocycles. The van der Waals surface area contributed by atoms with Gasteiger partial charge in [-0.05, 0) is 23.6 Å². The zero-order valence-corrected chi connectivity index (χ0v) is 14.5. The second-order valence-electron chi connectivity index (χ2n) is 6.07. The number of hydrogen-bond donors (Lipinski definition) is 2. The van der Waals surface area contributed by atoms with Crippen LogP contribution in [0.25, 0.3) is 0 Å². The number of hydrogen-bond acceptors (Lipinski definition) is 3. The summed E-state index contributed by atoms with van der Waals surface area (Å²) in [5.41, 5.74) is 4.73. The molecule has 2 heterocycles. The molecule has 1 aliphatic heterocycles. The number of anilines is 1. The molecule has 0 fully saturated rings. The molecule has 2 aromatic rings. The molecule has 0 radical (unpaired) electrons. The first kappa shape index (κ1) is 17.5. The number of benzene rings is 1. The van der Waals surface area contributed by atoms with Gasteiger partial charge in [0.2, 0.25) is 0 Å². The second-order valence-corrected chi connectivity index (χ2v) is 6.07. The highest BCUT2D eigenvalue weighted by Crippen LogP contribution is 2.23. The summed E-state index contributed by atoms with van der Waals surface area (Å²) in [4.78, 5) is 14.5. The minimum atomic E-state index is -0.0675. The fraction of sp³-hybridized carbons (Fsp3) is 0.412. The third kappa shape index (κ3) is 3.41. The van der Waals surface area contributed by atoms with Gasteiger partial charge >= 0.3 is 0 Å². The summed E-state index contributed by atoms with van der Waals surface area (Å²) in [7, 11) is 1.80. The Labute approximate surface area is 142 Å². The van der Waals surface area contributed by atoms with Crippen LogP contribution >= 0.6 is 12.4 Å². The second kappa shape index (κ2) is 7.15. The minimum absolute atomic E-state index is 0. The monoisotopic (exact) mass is 334 g/mol. The fourth-order valence-electron chi connectivity index (χ4n) is 2.77. The molecule has 23 heavy (non-hydrogen) atoms. The van der Waals surface area contributed by atoms with E-state index in [1.807, 2.05) is 12.1 Å². The highest BCUT2D eigenvalue weighted by molar-refractivity contribution is 6.05. The molecular formula is C17H23ClN4O. The fourth-order valence-corrected chi connectivity index (χ4v) is 2.77. The lowest BCUT2D eigenvalue weighted by Gasteiger charge is -2.19. The molecule has 0 saturated carbocycles. The van der Waals surface area contributed by atoms with Crippen LogP contribution in [0.3, 0.4) is 0 Å². The van der Waals surface area contributed by atoms with E-state index in [9.17, 15) is 4.79 Å². The first-order valence-corrected chi connectivity index (χ1v) is 7.72. The van der Waals surface area contributed by atoms with Crippen molar-refractivity contribution in [3.05, 3.63) is 46.8 Å². The van der Waals surface area contributed by atoms with Gasteiger partial charge < -0.3 is 10.2 Å². The molecule has 6 heteroatoms. The van der Waals surface area contributed by atoms with Crippen molar-refractivity contribution in [2.24, 2.45) is 0 Å². The molecule has 0 atom stereocenters. The number of aromatic amines is 1. The number of fused-ring (bicyclic) bond motifs is 1. The number of halogens is 1. The Morgan fingerprint density at radius 3 is 2.87 bits per heavy atom. The van der Waals surface area contributed by atoms with Crippen molar-refractivity contribution in [2.75, 3.05) is 18.5 Å². The van der Waals surface area contributed by atoms with E-state index < -0.39 is 0 Å². The molecule has 1 amide bonds. The van der Waals surface area contributed by atoms with Crippen LogP contribution in [0, 0.1) is 0 Å². The number of H-pyrrole nitrogens is 1. The van der Waals surface area contributed by atoms with Crippen LogP contribution in [0.2, 0.25) is 0 Å². The molecule has 0 spiro atoms. The van der Waals surface area contributed by atoms with Gasteiger partial charge in [-0.25, -0.2) is 0 Å². The number of rotatable bonds is 3. The predicted molar refractivity (Wildman–Crippen MR) is 94.5 cm³/mol. The van der Waals surface area contributed by atoms with E-state index in [2.05, 4.69) is 41.5 Å². The Balaban J connectivity index is 0.00000192. The van der Waals surface area contributed by atoms with Crippen LogP contribution < -0.4 is 10.2 Å². The summed E-state index contributed by atoms with van der Waals surface area (Å²) in [6, 6.07) is 8.11. The Kier molecular flexibility index (Phi) is 5.44. The van der Waals surface area contributed by atoms with Crippen molar-refractivity contribution in [3.8, 4) is 0 Å². The number of amides is 1. The average molecular weight is 335 g/mol. The van der Waals surface area contributed by atoms with Crippen molar-refractivity contribution in [1.82, 2.24) is 15.5 Å². The van der Waals surface area contributed by atoms with Gasteiger partial charge in [-0.1, -0.05) is 26.0 Å². The SMILES string of the molecule is CC(C)c1cccc(N(C)C(=O)c2n[nH]c3c2CNCC3)c1.Cl. The van der Waals surface area contributed by atoms with Crippen LogP contribution in [-0.4, -0.2) is 29.7 Å². The van der Waals surface area contributed by atoms with Crippen molar-refractivity contribution in [3.63, 3.8) is 0 Å². The molecule has 0 aliphatic carbocycles. The molecule has 0 bridgehead atoms. The molecule has 3 rings (SSSR count). The largest absolute Gasteiger partial charge is 0.312 e. The van der Waals surface area contributed by atoms with E-state index in [0.717, 1.165) is 29.9 Å². The standard InChI is InChI=1S/C17H22N4O.ClH/c1-11(2)12-5-4-6-13(9-12)21(3)17(22)16-14-10-18-8-7-15(14)19-20-16;/h4-6,9,11,18H,7-8,10H2,1-3H3,(H,19,20);1H. The zero-order chi connectivity index (χ0) is 15.7. The summed E-state index contributed by atoms with van der Waals surface area (Å²) in [6.45, 7) is 5.93. The summed E-state index contributed by atoms with van der Waals surface area (Å²) < 4.78 is 0. The summed E-state index contributed by atoms with van der Waals surface area (Å²) in [6.07, 6.45) is 0.891. The maximum Gasteiger partial charge on any atom is 0.278 e. The topological polar surface area (TPSA) is 61.0 Å². The van der Waals surface area contributed by atoms with Crippen molar-refractivity contribution in [2.45, 2.75) is 32.7 Å². The molecular weight excluding hydrogens is 312 g/mol. The van der Waals surface area contributed by atoms with E-state index in [4.69, 9.17) is 0 Å². The number of aromatic nitrogens is 2. The first-order chi connectivity index (χ1) is 10.6. The lowest BCUT2D eigenvalue weighted by molar-refractivity contribution is 0.0987. The van der Waals surface area contributed by atoms with Gasteiger partial charge in [-0.2, -0.15) is 5.10 Å². The molecule has 5 nitrogen and oxygen atoms in total. The van der Waals surface area contributed by atoms with E-state index >= 15 is 0 Å². The number of nitrogens with zero attached hydrogens (tertiary/aromatic N) is 2. The number of carbonyl (C=O) groups excluding carboxylic acids is 1. The molecule has 1 aromatic carbocycles. The van der Waals surface area contributed by atoms with Crippen molar-refractivity contribution in [1.29, 1.82) is 0 Å². The van der Waals surface area contributed by atoms with Gasteiger partial charge in [-0.15, -0.1) is 12.4 Å². The lowest BCUT2D eigenvalue weighted by Crippen LogP contribution is -2.30. The zero-order valence-electron chi connectivity index (χ0n) is 13.7. The maximum atomic E-state index is 12.8. The first-order valence-electron chi connectivity index (χ1n) is 7.72. The highest BCUT2D eigenvalue weighted by atomic mass is 35.5. The molecule has 0 unspecified atom stereocenters. The third-order valence-electron chi connectivity index (χ3n) is 4.24. The summed E-state index contributed by atoms with van der Waals surface area (Å²) >= 11 is 0. The predicted octanol–water partition coefficient (Wildman–Crippen LogP) is 2.88. The Bertz CT molecular complexity index is 696. The van der Waals surface area contributed by atoms with Crippen LogP contribution in [0.1, 0.15) is 47.1 Å². The van der Waals surface area contributed by atoms with E-state index in [0.29, 0.717) is 18.2 Å². The molecule has 1 aromatic heterocycles. The van der Waals surface area contributed by atoms with Gasteiger partial charge in [0.1, 0.15) is 0 Å². The molecule has 1 aliphatic rings. The summed E-state index contributed by atoms with van der Waals surface area (Å²) in [5, 5.41) is 10.5. The smallest absolute Gasteiger partial charge is 0.278 e. The minimum Gasteiger partial charge on any atom is -0.312 e. The Hall–Kier alpha value is -1.85. The van der Waals surface area contributed by atoms with Crippen molar-refractivity contribution < 1.29 is 4.79 Å². The quantitative estimate of drug-likeness (QED) is 0.907. The van der Waals surface area contributed by atoms with Gasteiger partial charge in [-0.3, -0.25) is 9.89 Å². The van der Waals surface area contributed by atoms with E-state index in [1.54, 1.807) is 11.9 Å². The van der Waals surface area contributed by atoms with Crippen LogP contribution in [0.5, 0.6) is 0 Å². The molecule has 2 N–H and O–H groups in total.